The van der Waals surface area contributed by atoms with Gasteiger partial charge in [0.05, 0.1) is 0 Å². The summed E-state index contributed by atoms with van der Waals surface area (Å²) in [6.07, 6.45) is 0. The van der Waals surface area contributed by atoms with Crippen molar-refractivity contribution in [1.29, 1.82) is 0 Å². The molecule has 0 spiro atoms. The normalized spacial score (nSPS) is 11.8. The zero-order valence-corrected chi connectivity index (χ0v) is 13.7. The molecule has 5 nitrogen and oxygen atoms in total. The lowest BCUT2D eigenvalue weighted by molar-refractivity contribution is -0.140. The second kappa shape index (κ2) is 8.15. The Kier molecular flexibility index (Phi) is 5.95. The van der Waals surface area contributed by atoms with Crippen molar-refractivity contribution in [3.8, 4) is 5.75 Å². The van der Waals surface area contributed by atoms with E-state index in [1.807, 2.05) is 30.3 Å². The van der Waals surface area contributed by atoms with Crippen molar-refractivity contribution in [3.05, 3.63) is 65.7 Å². The number of nitrogens with one attached hydrogen (secondary N) is 1. The third-order valence-corrected chi connectivity index (χ3v) is 3.58. The number of carbonyl (C=O) groups is 2. The predicted molar refractivity (Wildman–Crippen MR) is 90.9 cm³/mol. The van der Waals surface area contributed by atoms with Gasteiger partial charge in [-0.1, -0.05) is 44.2 Å². The largest absolute Gasteiger partial charge is 0.489 e. The molecular weight excluding hydrogens is 306 g/mol. The molecule has 0 aliphatic heterocycles. The van der Waals surface area contributed by atoms with E-state index < -0.39 is 17.9 Å². The number of benzene rings is 2. The van der Waals surface area contributed by atoms with Crippen LogP contribution in [0.3, 0.4) is 0 Å². The Bertz CT molecular complexity index is 680. The molecule has 0 aliphatic carbocycles. The Morgan fingerprint density at radius 2 is 1.67 bits per heavy atom. The van der Waals surface area contributed by atoms with Crippen molar-refractivity contribution in [1.82, 2.24) is 5.32 Å². The van der Waals surface area contributed by atoms with Crippen LogP contribution in [0.2, 0.25) is 0 Å². The summed E-state index contributed by atoms with van der Waals surface area (Å²) in [5.41, 5.74) is 1.35. The summed E-state index contributed by atoms with van der Waals surface area (Å²) in [7, 11) is 0. The summed E-state index contributed by atoms with van der Waals surface area (Å²) in [6.45, 7) is 3.90. The van der Waals surface area contributed by atoms with Gasteiger partial charge in [0, 0.05) is 5.56 Å². The fourth-order valence-electron chi connectivity index (χ4n) is 2.17. The number of para-hydroxylation sites is 1. The van der Waals surface area contributed by atoms with Crippen LogP contribution in [0.4, 0.5) is 0 Å². The predicted octanol–water partition coefficient (Wildman–Crippen LogP) is 3.10. The summed E-state index contributed by atoms with van der Waals surface area (Å²) >= 11 is 0. The van der Waals surface area contributed by atoms with E-state index in [-0.39, 0.29) is 5.92 Å². The molecule has 0 saturated heterocycles. The monoisotopic (exact) mass is 327 g/mol. The standard InChI is InChI=1S/C19H21NO4/c1-13(2)17(19(22)23)20-18(21)15-10-8-14(9-11-15)12-24-16-6-4-3-5-7-16/h3-11,13,17H,12H2,1-2H3,(H,20,21)(H,22,23)/t17-/m0/s1. The van der Waals surface area contributed by atoms with Crippen molar-refractivity contribution in [2.75, 3.05) is 0 Å². The molecule has 2 rings (SSSR count). The molecule has 1 atom stereocenters. The fourth-order valence-corrected chi connectivity index (χ4v) is 2.17. The molecular formula is C19H21NO4. The van der Waals surface area contributed by atoms with E-state index in [2.05, 4.69) is 5.32 Å². The van der Waals surface area contributed by atoms with E-state index in [1.165, 1.54) is 0 Å². The summed E-state index contributed by atoms with van der Waals surface area (Å²) in [5, 5.41) is 11.7. The summed E-state index contributed by atoms with van der Waals surface area (Å²) in [5.74, 6) is -0.844. The van der Waals surface area contributed by atoms with Gasteiger partial charge in [0.15, 0.2) is 0 Å². The Balaban J connectivity index is 1.95. The van der Waals surface area contributed by atoms with Crippen LogP contribution < -0.4 is 10.1 Å². The molecule has 2 aromatic carbocycles. The number of aliphatic carboxylic acids is 1. The summed E-state index contributed by atoms with van der Waals surface area (Å²) in [6, 6.07) is 15.5. The van der Waals surface area contributed by atoms with Gasteiger partial charge >= 0.3 is 5.97 Å². The molecule has 2 aromatic rings. The number of carbonyl (C=O) groups excluding carboxylic acids is 1. The molecule has 0 heterocycles. The molecule has 0 saturated carbocycles. The molecule has 0 unspecified atom stereocenters. The Morgan fingerprint density at radius 1 is 1.04 bits per heavy atom. The first kappa shape index (κ1) is 17.5. The maximum Gasteiger partial charge on any atom is 0.326 e. The highest BCUT2D eigenvalue weighted by Gasteiger charge is 2.23. The van der Waals surface area contributed by atoms with Gasteiger partial charge in [-0.15, -0.1) is 0 Å². The number of amides is 1. The Morgan fingerprint density at radius 3 is 2.21 bits per heavy atom. The van der Waals surface area contributed by atoms with Crippen LogP contribution in [0.1, 0.15) is 29.8 Å². The van der Waals surface area contributed by atoms with Crippen molar-refractivity contribution in [2.24, 2.45) is 5.92 Å². The summed E-state index contributed by atoms with van der Waals surface area (Å²) < 4.78 is 5.64. The first-order valence-electron chi connectivity index (χ1n) is 7.78. The van der Waals surface area contributed by atoms with Crippen LogP contribution >= 0.6 is 0 Å². The maximum atomic E-state index is 12.1. The Hall–Kier alpha value is -2.82. The number of carboxylic acids is 1. The van der Waals surface area contributed by atoms with Crippen LogP contribution in [0.5, 0.6) is 5.75 Å². The molecule has 2 N–H and O–H groups in total. The molecule has 0 fully saturated rings. The van der Waals surface area contributed by atoms with Gasteiger partial charge in [-0.05, 0) is 35.7 Å². The number of rotatable bonds is 7. The average Bonchev–Trinajstić information content (AvgIpc) is 2.58. The molecule has 0 radical (unpaired) electrons. The fraction of sp³-hybridized carbons (Fsp3) is 0.263. The van der Waals surface area contributed by atoms with Gasteiger partial charge in [0.25, 0.3) is 5.91 Å². The van der Waals surface area contributed by atoms with Crippen LogP contribution in [0, 0.1) is 5.92 Å². The minimum Gasteiger partial charge on any atom is -0.489 e. The van der Waals surface area contributed by atoms with Crippen LogP contribution in [-0.2, 0) is 11.4 Å². The van der Waals surface area contributed by atoms with E-state index in [1.54, 1.807) is 38.1 Å². The van der Waals surface area contributed by atoms with Crippen molar-refractivity contribution >= 4 is 11.9 Å². The van der Waals surface area contributed by atoms with E-state index >= 15 is 0 Å². The quantitative estimate of drug-likeness (QED) is 0.819. The molecule has 0 aromatic heterocycles. The van der Waals surface area contributed by atoms with Crippen molar-refractivity contribution < 1.29 is 19.4 Å². The lowest BCUT2D eigenvalue weighted by Crippen LogP contribution is -2.44. The molecule has 5 heteroatoms. The first-order chi connectivity index (χ1) is 11.5. The lowest BCUT2D eigenvalue weighted by Gasteiger charge is -2.18. The van der Waals surface area contributed by atoms with Gasteiger partial charge in [0.2, 0.25) is 0 Å². The first-order valence-corrected chi connectivity index (χ1v) is 7.78. The van der Waals surface area contributed by atoms with E-state index in [9.17, 15) is 9.59 Å². The topological polar surface area (TPSA) is 75.6 Å². The number of ether oxygens (including phenoxy) is 1. The second-order valence-electron chi connectivity index (χ2n) is 5.83. The molecule has 1 amide bonds. The highest BCUT2D eigenvalue weighted by molar-refractivity contribution is 5.96. The van der Waals surface area contributed by atoms with Crippen molar-refractivity contribution in [3.63, 3.8) is 0 Å². The van der Waals surface area contributed by atoms with Crippen LogP contribution in [0.15, 0.2) is 54.6 Å². The van der Waals surface area contributed by atoms with Crippen molar-refractivity contribution in [2.45, 2.75) is 26.5 Å². The second-order valence-corrected chi connectivity index (χ2v) is 5.83. The van der Waals surface area contributed by atoms with E-state index in [0.717, 1.165) is 11.3 Å². The number of hydrogen-bond acceptors (Lipinski definition) is 3. The molecule has 24 heavy (non-hydrogen) atoms. The zero-order chi connectivity index (χ0) is 17.5. The SMILES string of the molecule is CC(C)[C@H](NC(=O)c1ccc(COc2ccccc2)cc1)C(=O)O. The van der Waals surface area contributed by atoms with Gasteiger partial charge in [-0.3, -0.25) is 4.79 Å². The highest BCUT2D eigenvalue weighted by atomic mass is 16.5. The van der Waals surface area contributed by atoms with E-state index in [4.69, 9.17) is 9.84 Å². The lowest BCUT2D eigenvalue weighted by atomic mass is 10.0. The third kappa shape index (κ3) is 4.84. The van der Waals surface area contributed by atoms with E-state index in [0.29, 0.717) is 12.2 Å². The van der Waals surface area contributed by atoms with Gasteiger partial charge in [-0.25, -0.2) is 4.79 Å². The highest BCUT2D eigenvalue weighted by Crippen LogP contribution is 2.13. The van der Waals surface area contributed by atoms with Gasteiger partial charge in [-0.2, -0.15) is 0 Å². The number of hydrogen-bond donors (Lipinski definition) is 2. The van der Waals surface area contributed by atoms with Crippen LogP contribution in [0.25, 0.3) is 0 Å². The molecule has 0 aliphatic rings. The van der Waals surface area contributed by atoms with Gasteiger partial charge in [0.1, 0.15) is 18.4 Å². The minimum absolute atomic E-state index is 0.190. The number of carboxylic acid groups (broad SMARTS) is 1. The smallest absolute Gasteiger partial charge is 0.326 e. The van der Waals surface area contributed by atoms with Gasteiger partial charge < -0.3 is 15.2 Å². The maximum absolute atomic E-state index is 12.1. The molecule has 0 bridgehead atoms. The third-order valence-electron chi connectivity index (χ3n) is 3.58. The van der Waals surface area contributed by atoms with Crippen LogP contribution in [-0.4, -0.2) is 23.0 Å². The zero-order valence-electron chi connectivity index (χ0n) is 13.7. The minimum atomic E-state index is -1.04. The Labute approximate surface area is 141 Å². The average molecular weight is 327 g/mol. The summed E-state index contributed by atoms with van der Waals surface area (Å²) in [4.78, 5) is 23.3. The molecule has 126 valence electrons.